The Morgan fingerprint density at radius 1 is 0.947 bits per heavy atom. The molecule has 0 bridgehead atoms. The van der Waals surface area contributed by atoms with Crippen molar-refractivity contribution < 1.29 is 4.74 Å². The van der Waals surface area contributed by atoms with Crippen LogP contribution in [0.3, 0.4) is 0 Å². The lowest BCUT2D eigenvalue weighted by Crippen LogP contribution is -2.21. The summed E-state index contributed by atoms with van der Waals surface area (Å²) >= 11 is 0. The summed E-state index contributed by atoms with van der Waals surface area (Å²) in [5.74, 6) is 1.58. The molecule has 0 saturated carbocycles. The molecule has 0 aliphatic rings. The summed E-state index contributed by atoms with van der Waals surface area (Å²) in [7, 11) is 1.69. The molecule has 6 heteroatoms. The van der Waals surface area contributed by atoms with Crippen molar-refractivity contribution in [1.82, 2.24) is 14.2 Å². The Morgan fingerprint density at radius 3 is 2.32 bits per heavy atom. The van der Waals surface area contributed by atoms with E-state index in [1.165, 1.54) is 4.68 Å². The first-order chi connectivity index (χ1) is 18.2. The van der Waals surface area contributed by atoms with Crippen LogP contribution in [0, 0.1) is 13.8 Å². The fourth-order valence-electron chi connectivity index (χ4n) is 5.33. The van der Waals surface area contributed by atoms with Crippen molar-refractivity contribution in [3.8, 4) is 17.1 Å². The van der Waals surface area contributed by atoms with Crippen LogP contribution in [-0.4, -0.2) is 27.6 Å². The van der Waals surface area contributed by atoms with Crippen LogP contribution in [0.2, 0.25) is 0 Å². The van der Waals surface area contributed by atoms with Gasteiger partial charge in [0.25, 0.3) is 5.56 Å². The number of fused-ring (bicyclic) bond motifs is 2. The van der Waals surface area contributed by atoms with E-state index >= 15 is 0 Å². The van der Waals surface area contributed by atoms with E-state index in [2.05, 4.69) is 63.5 Å². The fourth-order valence-corrected chi connectivity index (χ4v) is 5.33. The second-order valence-corrected chi connectivity index (χ2v) is 10.4. The predicted octanol–water partition coefficient (Wildman–Crippen LogP) is 7.23. The monoisotopic (exact) mass is 506 g/mol. The van der Waals surface area contributed by atoms with Gasteiger partial charge in [0.2, 0.25) is 0 Å². The van der Waals surface area contributed by atoms with E-state index in [9.17, 15) is 4.79 Å². The van der Waals surface area contributed by atoms with Crippen molar-refractivity contribution in [2.24, 2.45) is 5.10 Å². The molecule has 0 atom stereocenters. The van der Waals surface area contributed by atoms with Gasteiger partial charge in [-0.2, -0.15) is 9.78 Å². The van der Waals surface area contributed by atoms with E-state index in [4.69, 9.17) is 14.8 Å². The van der Waals surface area contributed by atoms with Crippen LogP contribution in [0.15, 0.2) is 70.6 Å². The lowest BCUT2D eigenvalue weighted by molar-refractivity contribution is 0.407. The number of methoxy groups -OCH3 is 1. The minimum absolute atomic E-state index is 0.201. The summed E-state index contributed by atoms with van der Waals surface area (Å²) in [6.07, 6.45) is 1.81. The third-order valence-corrected chi connectivity index (χ3v) is 7.22. The molecule has 0 radical (unpaired) electrons. The molecule has 0 spiro atoms. The topological polar surface area (TPSA) is 61.4 Å². The molecule has 6 nitrogen and oxygen atoms in total. The van der Waals surface area contributed by atoms with E-state index in [1.807, 2.05) is 37.3 Å². The van der Waals surface area contributed by atoms with E-state index in [-0.39, 0.29) is 11.5 Å². The van der Waals surface area contributed by atoms with Crippen LogP contribution in [0.4, 0.5) is 0 Å². The van der Waals surface area contributed by atoms with Crippen molar-refractivity contribution in [1.29, 1.82) is 0 Å². The van der Waals surface area contributed by atoms with E-state index in [1.54, 1.807) is 19.4 Å². The van der Waals surface area contributed by atoms with Gasteiger partial charge in [0.1, 0.15) is 5.75 Å². The third-order valence-electron chi connectivity index (χ3n) is 7.22. The van der Waals surface area contributed by atoms with E-state index in [0.717, 1.165) is 44.6 Å². The maximum atomic E-state index is 13.8. The van der Waals surface area contributed by atoms with Gasteiger partial charge in [-0.05, 0) is 75.1 Å². The van der Waals surface area contributed by atoms with Gasteiger partial charge >= 0.3 is 0 Å². The first kappa shape index (κ1) is 25.5. The first-order valence-corrected chi connectivity index (χ1v) is 13.1. The average molecular weight is 507 g/mol. The number of rotatable bonds is 6. The third kappa shape index (κ3) is 4.20. The second kappa shape index (κ2) is 9.93. The van der Waals surface area contributed by atoms with E-state index < -0.39 is 0 Å². The van der Waals surface area contributed by atoms with Crippen LogP contribution >= 0.6 is 0 Å². The van der Waals surface area contributed by atoms with Gasteiger partial charge in [0.15, 0.2) is 5.82 Å². The second-order valence-electron chi connectivity index (χ2n) is 10.4. The highest BCUT2D eigenvalue weighted by Crippen LogP contribution is 2.34. The number of nitrogens with zero attached hydrogens (tertiary/aromatic N) is 4. The van der Waals surface area contributed by atoms with Gasteiger partial charge in [0, 0.05) is 33.8 Å². The van der Waals surface area contributed by atoms with E-state index in [0.29, 0.717) is 22.8 Å². The lowest BCUT2D eigenvalue weighted by atomic mass is 9.96. The Balaban J connectivity index is 1.79. The highest BCUT2D eigenvalue weighted by atomic mass is 16.5. The molecule has 2 heterocycles. The summed E-state index contributed by atoms with van der Waals surface area (Å²) in [5, 5.41) is 6.45. The van der Waals surface area contributed by atoms with Crippen molar-refractivity contribution in [3.05, 3.63) is 93.4 Å². The molecular formula is C32H34N4O2. The number of para-hydroxylation sites is 2. The Kier molecular flexibility index (Phi) is 6.66. The molecule has 2 aromatic heterocycles. The molecule has 38 heavy (non-hydrogen) atoms. The maximum Gasteiger partial charge on any atom is 0.282 e. The largest absolute Gasteiger partial charge is 0.496 e. The zero-order chi connectivity index (χ0) is 27.1. The molecule has 0 aliphatic carbocycles. The van der Waals surface area contributed by atoms with Crippen molar-refractivity contribution in [2.75, 3.05) is 7.11 Å². The van der Waals surface area contributed by atoms with Crippen molar-refractivity contribution in [2.45, 2.75) is 53.5 Å². The van der Waals surface area contributed by atoms with Crippen LogP contribution in [0.25, 0.3) is 33.2 Å². The Labute approximate surface area is 223 Å². The Morgan fingerprint density at radius 2 is 1.63 bits per heavy atom. The summed E-state index contributed by atoms with van der Waals surface area (Å²) in [6.45, 7) is 12.7. The SMILES string of the molecule is COc1cc(C)c(-c2nc3ccccc3c(=O)n2N=Cc2c(C)n(C(C)C)c3ccccc23)cc1C(C)C. The molecule has 0 saturated heterocycles. The molecule has 0 aliphatic heterocycles. The predicted molar refractivity (Wildman–Crippen MR) is 157 cm³/mol. The summed E-state index contributed by atoms with van der Waals surface area (Å²) < 4.78 is 9.42. The number of aryl methyl sites for hydroxylation is 1. The minimum Gasteiger partial charge on any atom is -0.496 e. The smallest absolute Gasteiger partial charge is 0.282 e. The zero-order valence-corrected chi connectivity index (χ0v) is 23.1. The molecule has 0 fully saturated rings. The highest BCUT2D eigenvalue weighted by molar-refractivity contribution is 6.01. The zero-order valence-electron chi connectivity index (χ0n) is 23.1. The van der Waals surface area contributed by atoms with Gasteiger partial charge in [-0.15, -0.1) is 0 Å². The summed E-state index contributed by atoms with van der Waals surface area (Å²) in [6, 6.07) is 20.1. The standard InChI is InChI=1S/C32H34N4O2/c1-19(2)25-17-26(21(5)16-30(25)38-7)31-34-28-14-10-8-13-24(28)32(37)36(31)33-18-27-22(6)35(20(3)4)29-15-11-9-12-23(27)29/h8-20H,1-7H3. The van der Waals surface area contributed by atoms with Gasteiger partial charge < -0.3 is 9.30 Å². The number of aromatic nitrogens is 3. The highest BCUT2D eigenvalue weighted by Gasteiger charge is 2.19. The van der Waals surface area contributed by atoms with Crippen LogP contribution < -0.4 is 10.3 Å². The minimum atomic E-state index is -0.201. The lowest BCUT2D eigenvalue weighted by Gasteiger charge is -2.17. The first-order valence-electron chi connectivity index (χ1n) is 13.1. The van der Waals surface area contributed by atoms with Crippen molar-refractivity contribution >= 4 is 28.0 Å². The normalized spacial score (nSPS) is 12.0. The van der Waals surface area contributed by atoms with Crippen LogP contribution in [0.1, 0.15) is 62.0 Å². The Bertz CT molecular complexity index is 1760. The quantitative estimate of drug-likeness (QED) is 0.228. The molecule has 3 aromatic carbocycles. The maximum absolute atomic E-state index is 13.8. The van der Waals surface area contributed by atoms with Crippen LogP contribution in [-0.2, 0) is 0 Å². The summed E-state index contributed by atoms with van der Waals surface area (Å²) in [5.41, 5.74) is 6.58. The molecule has 0 N–H and O–H groups in total. The van der Waals surface area contributed by atoms with Crippen LogP contribution in [0.5, 0.6) is 5.75 Å². The van der Waals surface area contributed by atoms with Crippen molar-refractivity contribution in [3.63, 3.8) is 0 Å². The molecule has 0 amide bonds. The molecule has 0 unspecified atom stereocenters. The molecule has 194 valence electrons. The van der Waals surface area contributed by atoms with Gasteiger partial charge in [-0.3, -0.25) is 4.79 Å². The molecule has 5 rings (SSSR count). The average Bonchev–Trinajstić information content (AvgIpc) is 3.18. The molecule has 5 aromatic rings. The molecular weight excluding hydrogens is 472 g/mol. The number of ether oxygens (including phenoxy) is 1. The summed E-state index contributed by atoms with van der Waals surface area (Å²) in [4.78, 5) is 18.8. The van der Waals surface area contributed by atoms with Gasteiger partial charge in [0.05, 0.1) is 24.2 Å². The fraction of sp³-hybridized carbons (Fsp3) is 0.281. The number of hydrogen-bond donors (Lipinski definition) is 0. The number of benzene rings is 3. The van der Waals surface area contributed by atoms with Gasteiger partial charge in [-0.25, -0.2) is 4.98 Å². The number of hydrogen-bond acceptors (Lipinski definition) is 4. The van der Waals surface area contributed by atoms with Gasteiger partial charge in [-0.1, -0.05) is 44.2 Å². The Hall–Kier alpha value is -4.19.